The number of hydrogen-bond acceptors (Lipinski definition) is 3. The van der Waals surface area contributed by atoms with Crippen LogP contribution in [0.1, 0.15) is 31.2 Å². The minimum Gasteiger partial charge on any atom is -0.393 e. The van der Waals surface area contributed by atoms with Crippen LogP contribution in [-0.4, -0.2) is 22.2 Å². The van der Waals surface area contributed by atoms with Crippen LogP contribution in [0.3, 0.4) is 0 Å². The van der Waals surface area contributed by atoms with Crippen molar-refractivity contribution in [3.05, 3.63) is 54.1 Å². The molecule has 22 heavy (non-hydrogen) atoms. The minimum absolute atomic E-state index is 0.158. The Labute approximate surface area is 130 Å². The number of pyridine rings is 1. The van der Waals surface area contributed by atoms with Gasteiger partial charge in [-0.2, -0.15) is 0 Å². The van der Waals surface area contributed by atoms with Gasteiger partial charge in [-0.05, 0) is 55.0 Å². The molecule has 1 aromatic carbocycles. The largest absolute Gasteiger partial charge is 0.393 e. The predicted molar refractivity (Wildman–Crippen MR) is 84.7 cm³/mol. The Kier molecular flexibility index (Phi) is 4.80. The molecule has 1 heterocycles. The van der Waals surface area contributed by atoms with E-state index in [2.05, 4.69) is 10.3 Å². The van der Waals surface area contributed by atoms with Crippen LogP contribution in [0.5, 0.6) is 0 Å². The maximum absolute atomic E-state index is 14.3. The van der Waals surface area contributed by atoms with Gasteiger partial charge in [0.2, 0.25) is 0 Å². The van der Waals surface area contributed by atoms with Gasteiger partial charge >= 0.3 is 0 Å². The molecule has 2 N–H and O–H groups in total. The number of rotatable bonds is 4. The average Bonchev–Trinajstić information content (AvgIpc) is 2.56. The summed E-state index contributed by atoms with van der Waals surface area (Å²) in [6.07, 6.45) is 6.84. The molecule has 1 aliphatic rings. The van der Waals surface area contributed by atoms with Gasteiger partial charge in [0.25, 0.3) is 0 Å². The normalized spacial score (nSPS) is 21.7. The van der Waals surface area contributed by atoms with Gasteiger partial charge < -0.3 is 10.4 Å². The summed E-state index contributed by atoms with van der Waals surface area (Å²) < 4.78 is 14.3. The summed E-state index contributed by atoms with van der Waals surface area (Å²) in [4.78, 5) is 3.98. The first kappa shape index (κ1) is 15.1. The van der Waals surface area contributed by atoms with Crippen LogP contribution >= 0.6 is 0 Å². The molecule has 0 spiro atoms. The molecule has 0 atom stereocenters. The Hall–Kier alpha value is -1.78. The van der Waals surface area contributed by atoms with E-state index < -0.39 is 0 Å². The number of hydrogen-bond donors (Lipinski definition) is 2. The smallest absolute Gasteiger partial charge is 0.128 e. The van der Waals surface area contributed by atoms with Crippen LogP contribution in [0.25, 0.3) is 11.1 Å². The van der Waals surface area contributed by atoms with Gasteiger partial charge in [-0.15, -0.1) is 0 Å². The fourth-order valence-electron chi connectivity index (χ4n) is 2.95. The molecule has 1 fully saturated rings. The molecule has 0 saturated heterocycles. The highest BCUT2D eigenvalue weighted by atomic mass is 19.1. The lowest BCUT2D eigenvalue weighted by Crippen LogP contribution is -2.34. The maximum atomic E-state index is 14.3. The first-order valence-corrected chi connectivity index (χ1v) is 7.82. The van der Waals surface area contributed by atoms with Crippen molar-refractivity contribution in [2.24, 2.45) is 0 Å². The SMILES string of the molecule is OC1CCC(NCc2ccc(-c3ccncc3)cc2F)CC1. The Morgan fingerprint density at radius 3 is 2.45 bits per heavy atom. The van der Waals surface area contributed by atoms with Crippen molar-refractivity contribution in [2.75, 3.05) is 0 Å². The summed E-state index contributed by atoms with van der Waals surface area (Å²) >= 11 is 0. The summed E-state index contributed by atoms with van der Waals surface area (Å²) in [7, 11) is 0. The number of aliphatic hydroxyl groups is 1. The van der Waals surface area contributed by atoms with Crippen molar-refractivity contribution in [2.45, 2.75) is 44.4 Å². The highest BCUT2D eigenvalue weighted by molar-refractivity contribution is 5.63. The molecule has 1 aliphatic carbocycles. The summed E-state index contributed by atoms with van der Waals surface area (Å²) in [5, 5.41) is 12.9. The quantitative estimate of drug-likeness (QED) is 0.911. The number of nitrogens with one attached hydrogen (secondary N) is 1. The number of nitrogens with zero attached hydrogens (tertiary/aromatic N) is 1. The molecule has 4 heteroatoms. The van der Waals surface area contributed by atoms with Crippen LogP contribution in [0.2, 0.25) is 0 Å². The van der Waals surface area contributed by atoms with E-state index in [1.807, 2.05) is 24.3 Å². The van der Waals surface area contributed by atoms with Crippen molar-refractivity contribution in [1.29, 1.82) is 0 Å². The van der Waals surface area contributed by atoms with Gasteiger partial charge in [-0.25, -0.2) is 4.39 Å². The van der Waals surface area contributed by atoms with Gasteiger partial charge in [-0.1, -0.05) is 12.1 Å². The Morgan fingerprint density at radius 2 is 1.77 bits per heavy atom. The molecule has 0 radical (unpaired) electrons. The fraction of sp³-hybridized carbons (Fsp3) is 0.389. The lowest BCUT2D eigenvalue weighted by Gasteiger charge is -2.26. The van der Waals surface area contributed by atoms with Crippen molar-refractivity contribution in [3.8, 4) is 11.1 Å². The fourth-order valence-corrected chi connectivity index (χ4v) is 2.95. The molecule has 0 unspecified atom stereocenters. The molecular weight excluding hydrogens is 279 g/mol. The van der Waals surface area contributed by atoms with Gasteiger partial charge in [0.05, 0.1) is 6.10 Å². The van der Waals surface area contributed by atoms with Crippen molar-refractivity contribution < 1.29 is 9.50 Å². The van der Waals surface area contributed by atoms with E-state index in [4.69, 9.17) is 0 Å². The van der Waals surface area contributed by atoms with Crippen molar-refractivity contribution in [3.63, 3.8) is 0 Å². The van der Waals surface area contributed by atoms with E-state index in [1.54, 1.807) is 18.5 Å². The third-order valence-electron chi connectivity index (χ3n) is 4.34. The highest BCUT2D eigenvalue weighted by Crippen LogP contribution is 2.22. The topological polar surface area (TPSA) is 45.1 Å². The standard InChI is InChI=1S/C18H21FN2O/c19-18-11-14(13-7-9-20-10-8-13)1-2-15(18)12-21-16-3-5-17(22)6-4-16/h1-2,7-11,16-17,21-22H,3-6,12H2. The summed E-state index contributed by atoms with van der Waals surface area (Å²) in [6.45, 7) is 0.531. The first-order valence-electron chi connectivity index (χ1n) is 7.82. The molecule has 3 nitrogen and oxygen atoms in total. The van der Waals surface area contributed by atoms with E-state index >= 15 is 0 Å². The molecule has 116 valence electrons. The summed E-state index contributed by atoms with van der Waals surface area (Å²) in [5.74, 6) is -0.183. The first-order chi connectivity index (χ1) is 10.7. The third kappa shape index (κ3) is 3.70. The molecule has 2 aromatic rings. The lowest BCUT2D eigenvalue weighted by molar-refractivity contribution is 0.116. The van der Waals surface area contributed by atoms with Gasteiger partial charge in [-0.3, -0.25) is 4.98 Å². The van der Waals surface area contributed by atoms with E-state index in [1.165, 1.54) is 0 Å². The van der Waals surface area contributed by atoms with Crippen LogP contribution in [0, 0.1) is 5.82 Å². The molecule has 0 aliphatic heterocycles. The van der Waals surface area contributed by atoms with Gasteiger partial charge in [0, 0.05) is 30.5 Å². The number of aliphatic hydroxyl groups excluding tert-OH is 1. The number of halogens is 1. The molecule has 1 saturated carbocycles. The second kappa shape index (κ2) is 6.99. The van der Waals surface area contributed by atoms with E-state index in [9.17, 15) is 9.50 Å². The third-order valence-corrected chi connectivity index (χ3v) is 4.34. The number of benzene rings is 1. The lowest BCUT2D eigenvalue weighted by atomic mass is 9.93. The Bertz CT molecular complexity index is 610. The highest BCUT2D eigenvalue weighted by Gasteiger charge is 2.19. The van der Waals surface area contributed by atoms with Crippen LogP contribution in [0.4, 0.5) is 4.39 Å². The Morgan fingerprint density at radius 1 is 1.05 bits per heavy atom. The monoisotopic (exact) mass is 300 g/mol. The molecular formula is C18H21FN2O. The molecule has 1 aromatic heterocycles. The van der Waals surface area contributed by atoms with Crippen molar-refractivity contribution >= 4 is 0 Å². The summed E-state index contributed by atoms with van der Waals surface area (Å²) in [6, 6.07) is 9.50. The second-order valence-electron chi connectivity index (χ2n) is 5.93. The molecule has 0 bridgehead atoms. The van der Waals surface area contributed by atoms with Crippen LogP contribution in [-0.2, 0) is 6.54 Å². The maximum Gasteiger partial charge on any atom is 0.128 e. The van der Waals surface area contributed by atoms with Gasteiger partial charge in [0.15, 0.2) is 0 Å². The van der Waals surface area contributed by atoms with E-state index in [0.717, 1.165) is 36.8 Å². The van der Waals surface area contributed by atoms with E-state index in [-0.39, 0.29) is 11.9 Å². The van der Waals surface area contributed by atoms with Crippen LogP contribution in [0.15, 0.2) is 42.7 Å². The number of aromatic nitrogens is 1. The van der Waals surface area contributed by atoms with Crippen molar-refractivity contribution in [1.82, 2.24) is 10.3 Å². The zero-order valence-electron chi connectivity index (χ0n) is 12.5. The minimum atomic E-state index is -0.183. The molecule has 0 amide bonds. The molecule has 3 rings (SSSR count). The van der Waals surface area contributed by atoms with Crippen LogP contribution < -0.4 is 5.32 Å². The second-order valence-corrected chi connectivity index (χ2v) is 5.93. The summed E-state index contributed by atoms with van der Waals surface area (Å²) in [5.41, 5.74) is 2.52. The Balaban J connectivity index is 1.63. The zero-order chi connectivity index (χ0) is 15.4. The van der Waals surface area contributed by atoms with Gasteiger partial charge in [0.1, 0.15) is 5.82 Å². The zero-order valence-corrected chi connectivity index (χ0v) is 12.5. The van der Waals surface area contributed by atoms with E-state index in [0.29, 0.717) is 18.2 Å². The predicted octanol–water partition coefficient (Wildman–Crippen LogP) is 3.28. The average molecular weight is 300 g/mol.